The van der Waals surface area contributed by atoms with Gasteiger partial charge in [0.15, 0.2) is 0 Å². The van der Waals surface area contributed by atoms with Gasteiger partial charge in [-0.25, -0.2) is 4.98 Å². The molecule has 0 fully saturated rings. The quantitative estimate of drug-likeness (QED) is 0.771. The van der Waals surface area contributed by atoms with Crippen LogP contribution in [-0.2, 0) is 6.54 Å². The number of hydrogen-bond donors (Lipinski definition) is 1. The molecule has 3 rings (SSSR count). The van der Waals surface area contributed by atoms with Crippen LogP contribution < -0.4 is 5.32 Å². The average Bonchev–Trinajstić information content (AvgIpc) is 2.97. The third kappa shape index (κ3) is 1.79. The fourth-order valence-corrected chi connectivity index (χ4v) is 2.85. The molecule has 0 atom stereocenters. The minimum atomic E-state index is 0.784. The van der Waals surface area contributed by atoms with Gasteiger partial charge in [0.1, 0.15) is 5.82 Å². The Morgan fingerprint density at radius 3 is 3.12 bits per heavy atom. The summed E-state index contributed by atoms with van der Waals surface area (Å²) in [5, 5.41) is 6.62. The second-order valence-electron chi connectivity index (χ2n) is 3.31. The summed E-state index contributed by atoms with van der Waals surface area (Å²) >= 11 is 3.39. The Hall–Kier alpha value is -1.46. The van der Waals surface area contributed by atoms with Gasteiger partial charge in [0.25, 0.3) is 0 Å². The van der Waals surface area contributed by atoms with Crippen molar-refractivity contribution in [2.75, 3.05) is 5.32 Å². The molecule has 3 aromatic heterocycles. The standard InChI is InChI=1S/C11H9N3S2/c1-3-13-11(9-2-4-15-10(1)9)14-6-8-5-12-7-16-8/h1-5,7H,6H2,(H,13,14). The number of nitrogens with zero attached hydrogens (tertiary/aromatic N) is 2. The Morgan fingerprint density at radius 2 is 2.25 bits per heavy atom. The summed E-state index contributed by atoms with van der Waals surface area (Å²) in [6, 6.07) is 4.14. The Kier molecular flexibility index (Phi) is 2.55. The molecular formula is C11H9N3S2. The Balaban J connectivity index is 1.86. The number of hydrogen-bond acceptors (Lipinski definition) is 5. The van der Waals surface area contributed by atoms with Crippen molar-refractivity contribution in [1.82, 2.24) is 9.97 Å². The highest BCUT2D eigenvalue weighted by atomic mass is 32.1. The van der Waals surface area contributed by atoms with Gasteiger partial charge < -0.3 is 5.32 Å². The van der Waals surface area contributed by atoms with Crippen molar-refractivity contribution < 1.29 is 0 Å². The molecule has 16 heavy (non-hydrogen) atoms. The zero-order valence-electron chi connectivity index (χ0n) is 8.38. The van der Waals surface area contributed by atoms with E-state index in [1.54, 1.807) is 22.7 Å². The number of anilines is 1. The van der Waals surface area contributed by atoms with E-state index in [9.17, 15) is 0 Å². The Bertz CT molecular complexity index is 586. The lowest BCUT2D eigenvalue weighted by Crippen LogP contribution is -1.99. The Labute approximate surface area is 101 Å². The highest BCUT2D eigenvalue weighted by Crippen LogP contribution is 2.26. The largest absolute Gasteiger partial charge is 0.365 e. The lowest BCUT2D eigenvalue weighted by Gasteiger charge is -2.04. The van der Waals surface area contributed by atoms with Gasteiger partial charge in [-0.1, -0.05) is 0 Å². The molecule has 0 aromatic carbocycles. The second-order valence-corrected chi connectivity index (χ2v) is 5.23. The van der Waals surface area contributed by atoms with Gasteiger partial charge >= 0.3 is 0 Å². The number of fused-ring (bicyclic) bond motifs is 1. The third-order valence-corrected chi connectivity index (χ3v) is 3.96. The van der Waals surface area contributed by atoms with Gasteiger partial charge in [-0.3, -0.25) is 4.98 Å². The first-order valence-corrected chi connectivity index (χ1v) is 6.63. The Morgan fingerprint density at radius 1 is 1.25 bits per heavy atom. The van der Waals surface area contributed by atoms with Gasteiger partial charge in [0, 0.05) is 27.4 Å². The van der Waals surface area contributed by atoms with E-state index < -0.39 is 0 Å². The van der Waals surface area contributed by atoms with E-state index in [0.717, 1.165) is 12.4 Å². The summed E-state index contributed by atoms with van der Waals surface area (Å²) in [7, 11) is 0. The number of thiazole rings is 1. The smallest absolute Gasteiger partial charge is 0.134 e. The van der Waals surface area contributed by atoms with Crippen molar-refractivity contribution in [1.29, 1.82) is 0 Å². The molecule has 0 saturated heterocycles. The molecule has 3 nitrogen and oxygen atoms in total. The van der Waals surface area contributed by atoms with Crippen molar-refractivity contribution >= 4 is 38.6 Å². The van der Waals surface area contributed by atoms with Crippen molar-refractivity contribution in [2.45, 2.75) is 6.54 Å². The lowest BCUT2D eigenvalue weighted by atomic mass is 10.3. The van der Waals surface area contributed by atoms with Gasteiger partial charge in [-0.05, 0) is 17.5 Å². The van der Waals surface area contributed by atoms with Crippen LogP contribution >= 0.6 is 22.7 Å². The molecule has 0 amide bonds. The van der Waals surface area contributed by atoms with Gasteiger partial charge in [0.05, 0.1) is 12.1 Å². The first kappa shape index (κ1) is 9.74. The molecule has 80 valence electrons. The molecule has 0 bridgehead atoms. The molecule has 0 radical (unpaired) electrons. The van der Waals surface area contributed by atoms with E-state index in [4.69, 9.17) is 0 Å². The first-order valence-electron chi connectivity index (χ1n) is 4.87. The molecule has 3 aromatic rings. The van der Waals surface area contributed by atoms with E-state index in [0.29, 0.717) is 0 Å². The van der Waals surface area contributed by atoms with E-state index in [-0.39, 0.29) is 0 Å². The highest BCUT2D eigenvalue weighted by Gasteiger charge is 2.03. The first-order chi connectivity index (χ1) is 7.93. The van der Waals surface area contributed by atoms with Crippen LogP contribution in [-0.4, -0.2) is 9.97 Å². The summed E-state index contributed by atoms with van der Waals surface area (Å²) in [6.45, 7) is 0.784. The predicted molar refractivity (Wildman–Crippen MR) is 69.1 cm³/mol. The normalized spacial score (nSPS) is 10.8. The fraction of sp³-hybridized carbons (Fsp3) is 0.0909. The van der Waals surface area contributed by atoms with Gasteiger partial charge in [-0.2, -0.15) is 0 Å². The van der Waals surface area contributed by atoms with Crippen molar-refractivity contribution in [3.05, 3.63) is 40.3 Å². The molecule has 0 aliphatic rings. The molecule has 0 saturated carbocycles. The molecule has 0 unspecified atom stereocenters. The summed E-state index contributed by atoms with van der Waals surface area (Å²) in [6.07, 6.45) is 3.72. The van der Waals surface area contributed by atoms with Crippen LogP contribution in [0.4, 0.5) is 5.82 Å². The maximum absolute atomic E-state index is 4.36. The highest BCUT2D eigenvalue weighted by molar-refractivity contribution is 7.17. The number of aromatic nitrogens is 2. The summed E-state index contributed by atoms with van der Waals surface area (Å²) < 4.78 is 1.27. The summed E-state index contributed by atoms with van der Waals surface area (Å²) in [5.74, 6) is 0.951. The average molecular weight is 247 g/mol. The molecule has 3 heterocycles. The maximum Gasteiger partial charge on any atom is 0.134 e. The molecule has 1 N–H and O–H groups in total. The van der Waals surface area contributed by atoms with E-state index in [1.165, 1.54) is 15.0 Å². The van der Waals surface area contributed by atoms with Crippen LogP contribution in [0.3, 0.4) is 0 Å². The monoisotopic (exact) mass is 247 g/mol. The minimum absolute atomic E-state index is 0.784. The fourth-order valence-electron chi connectivity index (χ4n) is 1.54. The summed E-state index contributed by atoms with van der Waals surface area (Å²) in [4.78, 5) is 9.62. The van der Waals surface area contributed by atoms with Gasteiger partial charge in [-0.15, -0.1) is 22.7 Å². The molecule has 0 aliphatic carbocycles. The molecular weight excluding hydrogens is 238 g/mol. The van der Waals surface area contributed by atoms with Crippen LogP contribution in [0, 0.1) is 0 Å². The van der Waals surface area contributed by atoms with Crippen LogP contribution in [0.25, 0.3) is 10.1 Å². The number of thiophene rings is 1. The maximum atomic E-state index is 4.36. The lowest BCUT2D eigenvalue weighted by molar-refractivity contribution is 1.14. The van der Waals surface area contributed by atoms with Crippen molar-refractivity contribution in [3.8, 4) is 0 Å². The van der Waals surface area contributed by atoms with Crippen molar-refractivity contribution in [2.24, 2.45) is 0 Å². The minimum Gasteiger partial charge on any atom is -0.365 e. The number of nitrogens with one attached hydrogen (secondary N) is 1. The zero-order valence-corrected chi connectivity index (χ0v) is 10.0. The van der Waals surface area contributed by atoms with E-state index in [2.05, 4.69) is 26.7 Å². The summed E-state index contributed by atoms with van der Waals surface area (Å²) in [5.41, 5.74) is 1.84. The molecule has 5 heteroatoms. The second kappa shape index (κ2) is 4.19. The SMILES string of the molecule is c1cc2sccc2c(NCc2cncs2)n1. The zero-order chi connectivity index (χ0) is 10.8. The van der Waals surface area contributed by atoms with Crippen molar-refractivity contribution in [3.63, 3.8) is 0 Å². The topological polar surface area (TPSA) is 37.8 Å². The van der Waals surface area contributed by atoms with E-state index >= 15 is 0 Å². The van der Waals surface area contributed by atoms with Crippen LogP contribution in [0.15, 0.2) is 35.4 Å². The predicted octanol–water partition coefficient (Wildman–Crippen LogP) is 3.36. The van der Waals surface area contributed by atoms with E-state index in [1.807, 2.05) is 24.0 Å². The number of rotatable bonds is 3. The molecule has 0 spiro atoms. The number of pyridine rings is 1. The third-order valence-electron chi connectivity index (χ3n) is 2.29. The molecule has 0 aliphatic heterocycles. The van der Waals surface area contributed by atoms with Crippen LogP contribution in [0.1, 0.15) is 4.88 Å². The van der Waals surface area contributed by atoms with Crippen LogP contribution in [0.2, 0.25) is 0 Å². The van der Waals surface area contributed by atoms with Crippen LogP contribution in [0.5, 0.6) is 0 Å². The van der Waals surface area contributed by atoms with Gasteiger partial charge in [0.2, 0.25) is 0 Å².